The van der Waals surface area contributed by atoms with Crippen LogP contribution in [0.1, 0.15) is 20.8 Å². The van der Waals surface area contributed by atoms with E-state index >= 15 is 0 Å². The number of aliphatic imine (C=N–C) groups is 1. The summed E-state index contributed by atoms with van der Waals surface area (Å²) in [7, 11) is 0. The first kappa shape index (κ1) is 8.11. The van der Waals surface area contributed by atoms with Crippen LogP contribution < -0.4 is 0 Å². The Hall–Kier alpha value is -0.500. The van der Waals surface area contributed by atoms with Crippen LogP contribution in [0.2, 0.25) is 0 Å². The number of hydrogen-bond acceptors (Lipinski definition) is 2. The SMILES string of the molecule is CC1=C[C]2SC(C)=NC2=CC1C. The van der Waals surface area contributed by atoms with Crippen molar-refractivity contribution in [3.05, 3.63) is 28.7 Å². The molecule has 0 aromatic heterocycles. The van der Waals surface area contributed by atoms with Crippen LogP contribution >= 0.6 is 11.8 Å². The molecule has 12 heavy (non-hydrogen) atoms. The van der Waals surface area contributed by atoms with Gasteiger partial charge in [0, 0.05) is 0 Å². The van der Waals surface area contributed by atoms with Crippen LogP contribution in [0.4, 0.5) is 0 Å². The van der Waals surface area contributed by atoms with Gasteiger partial charge in [-0.3, -0.25) is 0 Å². The van der Waals surface area contributed by atoms with E-state index in [0.29, 0.717) is 5.92 Å². The van der Waals surface area contributed by atoms with E-state index in [0.717, 1.165) is 5.04 Å². The van der Waals surface area contributed by atoms with E-state index in [1.165, 1.54) is 16.5 Å². The highest BCUT2D eigenvalue weighted by atomic mass is 32.2. The Bertz CT molecular complexity index is 299. The van der Waals surface area contributed by atoms with Crippen molar-refractivity contribution in [2.45, 2.75) is 20.8 Å². The maximum Gasteiger partial charge on any atom is 0.106 e. The molecule has 1 aliphatic heterocycles. The smallest absolute Gasteiger partial charge is 0.106 e. The van der Waals surface area contributed by atoms with Gasteiger partial charge in [0.2, 0.25) is 0 Å². The zero-order valence-electron chi connectivity index (χ0n) is 7.59. The first-order valence-corrected chi connectivity index (χ1v) is 4.99. The molecular weight excluding hydrogens is 166 g/mol. The highest BCUT2D eigenvalue weighted by Crippen LogP contribution is 2.42. The minimum atomic E-state index is 0.555. The fourth-order valence-electron chi connectivity index (χ4n) is 1.39. The molecular formula is C10H12NS. The molecule has 2 aliphatic rings. The summed E-state index contributed by atoms with van der Waals surface area (Å²) in [5, 5.41) is 2.48. The highest BCUT2D eigenvalue weighted by Gasteiger charge is 2.25. The zero-order valence-corrected chi connectivity index (χ0v) is 8.40. The minimum absolute atomic E-state index is 0.555. The van der Waals surface area contributed by atoms with E-state index < -0.39 is 0 Å². The van der Waals surface area contributed by atoms with E-state index in [1.807, 2.05) is 0 Å². The predicted molar refractivity (Wildman–Crippen MR) is 54.9 cm³/mol. The van der Waals surface area contributed by atoms with Crippen LogP contribution in [-0.4, -0.2) is 5.04 Å². The van der Waals surface area contributed by atoms with E-state index in [4.69, 9.17) is 0 Å². The van der Waals surface area contributed by atoms with Gasteiger partial charge in [-0.25, -0.2) is 4.99 Å². The third-order valence-corrected chi connectivity index (χ3v) is 3.21. The number of allylic oxidation sites excluding steroid dienone is 2. The average molecular weight is 178 g/mol. The molecule has 2 heteroatoms. The quantitative estimate of drug-likeness (QED) is 0.555. The molecule has 0 fully saturated rings. The summed E-state index contributed by atoms with van der Waals surface area (Å²) < 4.78 is 0. The Balaban J connectivity index is 2.32. The molecule has 0 N–H and O–H groups in total. The number of nitrogens with zero attached hydrogens (tertiary/aromatic N) is 1. The van der Waals surface area contributed by atoms with Gasteiger partial charge in [-0.1, -0.05) is 36.4 Å². The second-order valence-electron chi connectivity index (χ2n) is 3.33. The zero-order chi connectivity index (χ0) is 8.72. The topological polar surface area (TPSA) is 12.4 Å². The van der Waals surface area contributed by atoms with E-state index in [9.17, 15) is 0 Å². The molecule has 0 saturated heterocycles. The Morgan fingerprint density at radius 3 is 2.92 bits per heavy atom. The van der Waals surface area contributed by atoms with Gasteiger partial charge in [0.05, 0.1) is 10.7 Å². The second kappa shape index (κ2) is 2.77. The largest absolute Gasteiger partial charge is 0.250 e. The van der Waals surface area contributed by atoms with Crippen LogP contribution in [-0.2, 0) is 0 Å². The molecule has 1 atom stereocenters. The van der Waals surface area contributed by atoms with Crippen molar-refractivity contribution in [2.75, 3.05) is 0 Å². The van der Waals surface area contributed by atoms with Crippen LogP contribution in [0.15, 0.2) is 28.4 Å². The molecule has 0 saturated carbocycles. The number of fused-ring (bicyclic) bond motifs is 1. The summed E-state index contributed by atoms with van der Waals surface area (Å²) in [6, 6.07) is 0. The Labute approximate surface area is 77.7 Å². The molecule has 2 rings (SSSR count). The molecule has 0 aromatic rings. The molecule has 0 bridgehead atoms. The second-order valence-corrected chi connectivity index (χ2v) is 4.56. The normalized spacial score (nSPS) is 29.2. The number of thioether (sulfide) groups is 1. The lowest BCUT2D eigenvalue weighted by Gasteiger charge is -2.16. The number of rotatable bonds is 0. The third kappa shape index (κ3) is 1.24. The van der Waals surface area contributed by atoms with Gasteiger partial charge >= 0.3 is 0 Å². The summed E-state index contributed by atoms with van der Waals surface area (Å²) in [5.74, 6) is 0.555. The van der Waals surface area contributed by atoms with E-state index in [-0.39, 0.29) is 0 Å². The van der Waals surface area contributed by atoms with Gasteiger partial charge in [-0.2, -0.15) is 0 Å². The average Bonchev–Trinajstić information content (AvgIpc) is 2.30. The van der Waals surface area contributed by atoms with E-state index in [1.54, 1.807) is 11.8 Å². The molecule has 1 heterocycles. The van der Waals surface area contributed by atoms with Crippen LogP contribution in [0.3, 0.4) is 0 Å². The van der Waals surface area contributed by atoms with Crippen molar-refractivity contribution in [3.8, 4) is 0 Å². The summed E-state index contributed by atoms with van der Waals surface area (Å²) in [5.41, 5.74) is 2.61. The molecule has 63 valence electrons. The van der Waals surface area contributed by atoms with Crippen LogP contribution in [0.5, 0.6) is 0 Å². The fourth-order valence-corrected chi connectivity index (χ4v) is 2.31. The Kier molecular flexibility index (Phi) is 1.87. The van der Waals surface area contributed by atoms with E-state index in [2.05, 4.69) is 37.9 Å². The first-order chi connectivity index (χ1) is 5.66. The lowest BCUT2D eigenvalue weighted by molar-refractivity contribution is 0.834. The molecule has 1 nitrogen and oxygen atoms in total. The van der Waals surface area contributed by atoms with Gasteiger partial charge < -0.3 is 0 Å². The maximum absolute atomic E-state index is 4.45. The monoisotopic (exact) mass is 178 g/mol. The summed E-state index contributed by atoms with van der Waals surface area (Å²) >= 11 is 1.78. The van der Waals surface area contributed by atoms with Crippen molar-refractivity contribution in [1.82, 2.24) is 0 Å². The molecule has 0 spiro atoms. The van der Waals surface area contributed by atoms with Crippen molar-refractivity contribution >= 4 is 16.8 Å². The molecule has 1 radical (unpaired) electrons. The van der Waals surface area contributed by atoms with Crippen LogP contribution in [0, 0.1) is 11.2 Å². The Morgan fingerprint density at radius 2 is 2.17 bits per heavy atom. The predicted octanol–water partition coefficient (Wildman–Crippen LogP) is 3.16. The van der Waals surface area contributed by atoms with Crippen molar-refractivity contribution in [2.24, 2.45) is 10.9 Å². The van der Waals surface area contributed by atoms with Gasteiger partial charge in [-0.05, 0) is 19.8 Å². The maximum atomic E-state index is 4.45. The van der Waals surface area contributed by atoms with Gasteiger partial charge in [-0.15, -0.1) is 0 Å². The van der Waals surface area contributed by atoms with Gasteiger partial charge in [0.1, 0.15) is 5.25 Å². The van der Waals surface area contributed by atoms with Crippen molar-refractivity contribution in [3.63, 3.8) is 0 Å². The molecule has 0 aromatic carbocycles. The van der Waals surface area contributed by atoms with Gasteiger partial charge in [0.25, 0.3) is 0 Å². The molecule has 1 unspecified atom stereocenters. The fraction of sp³-hybridized carbons (Fsp3) is 0.400. The Morgan fingerprint density at radius 1 is 1.42 bits per heavy atom. The van der Waals surface area contributed by atoms with Gasteiger partial charge in [0.15, 0.2) is 0 Å². The first-order valence-electron chi connectivity index (χ1n) is 4.17. The van der Waals surface area contributed by atoms with Crippen molar-refractivity contribution in [1.29, 1.82) is 0 Å². The summed E-state index contributed by atoms with van der Waals surface area (Å²) in [6.07, 6.45) is 4.50. The van der Waals surface area contributed by atoms with Crippen LogP contribution in [0.25, 0.3) is 0 Å². The lowest BCUT2D eigenvalue weighted by atomic mass is 9.95. The molecule has 1 aliphatic carbocycles. The highest BCUT2D eigenvalue weighted by molar-refractivity contribution is 8.17. The lowest BCUT2D eigenvalue weighted by Crippen LogP contribution is -2.02. The summed E-state index contributed by atoms with van der Waals surface area (Å²) in [6.45, 7) is 6.45. The molecule has 0 amide bonds. The van der Waals surface area contributed by atoms with Crippen molar-refractivity contribution < 1.29 is 0 Å². The summed E-state index contributed by atoms with van der Waals surface area (Å²) in [4.78, 5) is 4.45. The standard InChI is InChI=1S/C10H12NS/c1-6-4-9-10(5-7(6)2)12-8(3)11-9/h4-6H,1-3H3. The third-order valence-electron chi connectivity index (χ3n) is 2.27. The number of hydrogen-bond donors (Lipinski definition) is 0. The minimum Gasteiger partial charge on any atom is -0.250 e.